The van der Waals surface area contributed by atoms with Gasteiger partial charge in [-0.3, -0.25) is 4.99 Å². The second-order valence-corrected chi connectivity index (χ2v) is 6.85. The quantitative estimate of drug-likeness (QED) is 0.428. The molecular formula is C18H29N3O2S. The maximum atomic E-state index is 5.75. The molecule has 0 radical (unpaired) electrons. The molecule has 5 nitrogen and oxygen atoms in total. The van der Waals surface area contributed by atoms with Gasteiger partial charge in [0.05, 0.1) is 13.7 Å². The summed E-state index contributed by atoms with van der Waals surface area (Å²) in [6, 6.07) is 8.22. The van der Waals surface area contributed by atoms with Gasteiger partial charge in [-0.05, 0) is 37.7 Å². The summed E-state index contributed by atoms with van der Waals surface area (Å²) < 4.78 is 10.9. The van der Waals surface area contributed by atoms with Gasteiger partial charge in [0, 0.05) is 37.4 Å². The third kappa shape index (κ3) is 6.91. The number of ether oxygens (including phenoxy) is 2. The van der Waals surface area contributed by atoms with E-state index in [1.165, 1.54) is 24.3 Å². The average molecular weight is 352 g/mol. The first-order valence-electron chi connectivity index (χ1n) is 8.71. The molecule has 2 N–H and O–H groups in total. The lowest BCUT2D eigenvalue weighted by Gasteiger charge is -2.24. The van der Waals surface area contributed by atoms with E-state index in [1.807, 2.05) is 36.0 Å². The molecule has 1 aliphatic rings. The Bertz CT molecular complexity index is 505. The van der Waals surface area contributed by atoms with Crippen LogP contribution >= 0.6 is 11.8 Å². The molecule has 134 valence electrons. The molecule has 0 spiro atoms. The normalized spacial score (nSPS) is 18.1. The Balaban J connectivity index is 1.70. The van der Waals surface area contributed by atoms with Crippen LogP contribution in [0.2, 0.25) is 0 Å². The first kappa shape index (κ1) is 18.8. The van der Waals surface area contributed by atoms with Crippen LogP contribution in [0.15, 0.2) is 29.3 Å². The number of aliphatic imine (C=N–C) groups is 1. The van der Waals surface area contributed by atoms with Crippen molar-refractivity contribution in [2.24, 2.45) is 4.99 Å². The smallest absolute Gasteiger partial charge is 0.191 e. The minimum absolute atomic E-state index is 0.537. The minimum Gasteiger partial charge on any atom is -0.497 e. The zero-order chi connectivity index (χ0) is 17.0. The van der Waals surface area contributed by atoms with Gasteiger partial charge in [0.2, 0.25) is 0 Å². The molecule has 0 aromatic heterocycles. The van der Waals surface area contributed by atoms with E-state index in [4.69, 9.17) is 9.47 Å². The van der Waals surface area contributed by atoms with Crippen molar-refractivity contribution in [3.63, 3.8) is 0 Å². The van der Waals surface area contributed by atoms with Gasteiger partial charge in [-0.1, -0.05) is 6.07 Å². The van der Waals surface area contributed by atoms with Gasteiger partial charge < -0.3 is 20.1 Å². The summed E-state index contributed by atoms with van der Waals surface area (Å²) in [5.74, 6) is 5.03. The molecule has 1 fully saturated rings. The molecule has 1 aliphatic heterocycles. The molecule has 0 saturated carbocycles. The van der Waals surface area contributed by atoms with Crippen molar-refractivity contribution in [3.05, 3.63) is 24.3 Å². The maximum Gasteiger partial charge on any atom is 0.191 e. The third-order valence-electron chi connectivity index (χ3n) is 3.73. The summed E-state index contributed by atoms with van der Waals surface area (Å²) in [5.41, 5.74) is 0. The van der Waals surface area contributed by atoms with E-state index in [-0.39, 0.29) is 0 Å². The number of rotatable bonds is 8. The van der Waals surface area contributed by atoms with Crippen molar-refractivity contribution in [3.8, 4) is 11.5 Å². The molecule has 1 aromatic rings. The predicted octanol–water partition coefficient (Wildman–Crippen LogP) is 2.91. The fourth-order valence-electron chi connectivity index (χ4n) is 2.50. The molecule has 2 rings (SSSR count). The van der Waals surface area contributed by atoms with Gasteiger partial charge in [-0.15, -0.1) is 0 Å². The van der Waals surface area contributed by atoms with Gasteiger partial charge in [0.25, 0.3) is 0 Å². The van der Waals surface area contributed by atoms with Crippen molar-refractivity contribution in [2.45, 2.75) is 32.2 Å². The van der Waals surface area contributed by atoms with E-state index in [2.05, 4.69) is 22.5 Å². The number of benzene rings is 1. The number of hydrogen-bond donors (Lipinski definition) is 2. The Labute approximate surface area is 149 Å². The fraction of sp³-hybridized carbons (Fsp3) is 0.611. The Kier molecular flexibility index (Phi) is 8.66. The van der Waals surface area contributed by atoms with Crippen molar-refractivity contribution in [1.82, 2.24) is 10.6 Å². The second-order valence-electron chi connectivity index (χ2n) is 5.70. The molecule has 0 amide bonds. The third-order valence-corrected chi connectivity index (χ3v) is 4.94. The van der Waals surface area contributed by atoms with Crippen molar-refractivity contribution < 1.29 is 9.47 Å². The molecular weight excluding hydrogens is 322 g/mol. The van der Waals surface area contributed by atoms with Crippen molar-refractivity contribution in [2.75, 3.05) is 38.3 Å². The van der Waals surface area contributed by atoms with Gasteiger partial charge in [0.15, 0.2) is 5.96 Å². The first-order valence-corrected chi connectivity index (χ1v) is 9.86. The van der Waals surface area contributed by atoms with Crippen LogP contribution in [0.4, 0.5) is 0 Å². The first-order chi connectivity index (χ1) is 11.8. The Hall–Kier alpha value is -1.56. The number of nitrogens with one attached hydrogen (secondary N) is 2. The molecule has 1 atom stereocenters. The van der Waals surface area contributed by atoms with Crippen LogP contribution in [0.5, 0.6) is 11.5 Å². The summed E-state index contributed by atoms with van der Waals surface area (Å²) in [4.78, 5) is 4.65. The summed E-state index contributed by atoms with van der Waals surface area (Å²) in [5, 5.41) is 6.87. The summed E-state index contributed by atoms with van der Waals surface area (Å²) in [6.45, 7) is 4.37. The van der Waals surface area contributed by atoms with E-state index in [1.54, 1.807) is 7.11 Å². The zero-order valence-corrected chi connectivity index (χ0v) is 15.5. The van der Waals surface area contributed by atoms with E-state index in [0.29, 0.717) is 12.6 Å². The number of thioether (sulfide) groups is 1. The van der Waals surface area contributed by atoms with Crippen LogP contribution in [-0.4, -0.2) is 50.3 Å². The SMILES string of the molecule is CCNC(=NCCCOc1cccc(OC)c1)NC1CCCSC1. The molecule has 1 saturated heterocycles. The zero-order valence-electron chi connectivity index (χ0n) is 14.7. The fourth-order valence-corrected chi connectivity index (χ4v) is 3.58. The minimum atomic E-state index is 0.537. The molecule has 1 unspecified atom stereocenters. The van der Waals surface area contributed by atoms with Crippen LogP contribution in [0.25, 0.3) is 0 Å². The lowest BCUT2D eigenvalue weighted by atomic mass is 10.2. The van der Waals surface area contributed by atoms with Crippen LogP contribution in [-0.2, 0) is 0 Å². The standard InChI is InChI=1S/C18H29N3O2S/c1-3-19-18(21-15-7-5-12-24-14-15)20-10-6-11-23-17-9-4-8-16(13-17)22-2/h4,8-9,13,15H,3,5-7,10-12,14H2,1-2H3,(H2,19,20,21). The average Bonchev–Trinajstić information content (AvgIpc) is 2.62. The topological polar surface area (TPSA) is 54.9 Å². The van der Waals surface area contributed by atoms with Crippen molar-refractivity contribution in [1.29, 1.82) is 0 Å². The lowest BCUT2D eigenvalue weighted by molar-refractivity contribution is 0.311. The predicted molar refractivity (Wildman–Crippen MR) is 103 cm³/mol. The Morgan fingerprint density at radius 3 is 3.00 bits per heavy atom. The van der Waals surface area contributed by atoms with Gasteiger partial charge in [0.1, 0.15) is 11.5 Å². The van der Waals surface area contributed by atoms with Gasteiger partial charge >= 0.3 is 0 Å². The van der Waals surface area contributed by atoms with Crippen LogP contribution in [0.3, 0.4) is 0 Å². The summed E-state index contributed by atoms with van der Waals surface area (Å²) in [7, 11) is 1.66. The van der Waals surface area contributed by atoms with E-state index < -0.39 is 0 Å². The monoisotopic (exact) mass is 351 g/mol. The largest absolute Gasteiger partial charge is 0.497 e. The lowest BCUT2D eigenvalue weighted by Crippen LogP contribution is -2.45. The van der Waals surface area contributed by atoms with Crippen LogP contribution in [0.1, 0.15) is 26.2 Å². The van der Waals surface area contributed by atoms with Crippen LogP contribution in [0, 0.1) is 0 Å². The van der Waals surface area contributed by atoms with E-state index >= 15 is 0 Å². The maximum absolute atomic E-state index is 5.75. The molecule has 0 bridgehead atoms. The molecule has 0 aliphatic carbocycles. The number of guanidine groups is 1. The number of methoxy groups -OCH3 is 1. The highest BCUT2D eigenvalue weighted by Crippen LogP contribution is 2.19. The molecule has 24 heavy (non-hydrogen) atoms. The number of hydrogen-bond acceptors (Lipinski definition) is 4. The van der Waals surface area contributed by atoms with Gasteiger partial charge in [-0.25, -0.2) is 0 Å². The van der Waals surface area contributed by atoms with Crippen LogP contribution < -0.4 is 20.1 Å². The molecule has 1 aromatic carbocycles. The highest BCUT2D eigenvalue weighted by atomic mass is 32.2. The van der Waals surface area contributed by atoms with E-state index in [9.17, 15) is 0 Å². The summed E-state index contributed by atoms with van der Waals surface area (Å²) >= 11 is 2.02. The summed E-state index contributed by atoms with van der Waals surface area (Å²) in [6.07, 6.45) is 3.40. The Morgan fingerprint density at radius 2 is 2.25 bits per heavy atom. The molecule has 6 heteroatoms. The van der Waals surface area contributed by atoms with E-state index in [0.717, 1.165) is 37.0 Å². The number of nitrogens with zero attached hydrogens (tertiary/aromatic N) is 1. The Morgan fingerprint density at radius 1 is 1.38 bits per heavy atom. The second kappa shape index (κ2) is 11.1. The molecule has 1 heterocycles. The highest BCUT2D eigenvalue weighted by Gasteiger charge is 2.14. The highest BCUT2D eigenvalue weighted by molar-refractivity contribution is 7.99. The van der Waals surface area contributed by atoms with Gasteiger partial charge in [-0.2, -0.15) is 11.8 Å². The van der Waals surface area contributed by atoms with Crippen molar-refractivity contribution >= 4 is 17.7 Å².